The van der Waals surface area contributed by atoms with E-state index >= 15 is 0 Å². The van der Waals surface area contributed by atoms with E-state index in [-0.39, 0.29) is 11.2 Å². The highest BCUT2D eigenvalue weighted by molar-refractivity contribution is 7.10. The Morgan fingerprint density at radius 1 is 1.40 bits per heavy atom. The molecule has 0 bridgehead atoms. The number of benzene rings is 1. The van der Waals surface area contributed by atoms with E-state index in [2.05, 4.69) is 25.2 Å². The molecular formula is C15H19FN2OS. The first kappa shape index (κ1) is 14.7. The van der Waals surface area contributed by atoms with Gasteiger partial charge in [0.1, 0.15) is 11.6 Å². The van der Waals surface area contributed by atoms with Crippen LogP contribution in [0, 0.1) is 5.82 Å². The molecule has 1 aromatic heterocycles. The summed E-state index contributed by atoms with van der Waals surface area (Å²) in [7, 11) is 1.52. The summed E-state index contributed by atoms with van der Waals surface area (Å²) in [6, 6.07) is 6.98. The lowest BCUT2D eigenvalue weighted by atomic mass is 9.91. The standard InChI is InChI=1S/C15H19FN2OS/c1-15(2,14-5-4-6-20-14)9-18-12-8-13(19-3)11(17)7-10(12)16/h4-8,18H,9,17H2,1-3H3. The van der Waals surface area contributed by atoms with Gasteiger partial charge in [-0.1, -0.05) is 19.9 Å². The topological polar surface area (TPSA) is 47.3 Å². The van der Waals surface area contributed by atoms with Crippen LogP contribution < -0.4 is 15.8 Å². The molecule has 2 rings (SSSR count). The summed E-state index contributed by atoms with van der Waals surface area (Å²) < 4.78 is 19.0. The van der Waals surface area contributed by atoms with Gasteiger partial charge in [-0.2, -0.15) is 0 Å². The number of rotatable bonds is 5. The third-order valence-electron chi connectivity index (χ3n) is 3.23. The Morgan fingerprint density at radius 2 is 2.15 bits per heavy atom. The zero-order chi connectivity index (χ0) is 14.8. The second-order valence-corrected chi connectivity index (χ2v) is 6.24. The minimum atomic E-state index is -0.370. The van der Waals surface area contributed by atoms with Crippen molar-refractivity contribution in [2.75, 3.05) is 24.7 Å². The van der Waals surface area contributed by atoms with Crippen molar-refractivity contribution in [3.63, 3.8) is 0 Å². The van der Waals surface area contributed by atoms with Gasteiger partial charge >= 0.3 is 0 Å². The number of nitrogen functional groups attached to an aromatic ring is 1. The highest BCUT2D eigenvalue weighted by Gasteiger charge is 2.22. The molecule has 0 unspecified atom stereocenters. The summed E-state index contributed by atoms with van der Waals surface area (Å²) >= 11 is 1.70. The van der Waals surface area contributed by atoms with Crippen molar-refractivity contribution in [2.45, 2.75) is 19.3 Å². The monoisotopic (exact) mass is 294 g/mol. The molecule has 0 amide bonds. The van der Waals surface area contributed by atoms with Crippen LogP contribution in [0.4, 0.5) is 15.8 Å². The zero-order valence-corrected chi connectivity index (χ0v) is 12.7. The van der Waals surface area contributed by atoms with Crippen molar-refractivity contribution in [3.05, 3.63) is 40.3 Å². The minimum absolute atomic E-state index is 0.0742. The molecule has 0 aliphatic heterocycles. The summed E-state index contributed by atoms with van der Waals surface area (Å²) in [5, 5.41) is 5.19. The molecule has 0 aliphatic carbocycles. The number of nitrogens with two attached hydrogens (primary N) is 1. The summed E-state index contributed by atoms with van der Waals surface area (Å²) in [5.41, 5.74) is 6.30. The molecule has 3 nitrogen and oxygen atoms in total. The van der Waals surface area contributed by atoms with Crippen LogP contribution in [0.5, 0.6) is 5.75 Å². The lowest BCUT2D eigenvalue weighted by Gasteiger charge is -2.24. The van der Waals surface area contributed by atoms with Crippen molar-refractivity contribution in [1.82, 2.24) is 0 Å². The van der Waals surface area contributed by atoms with Crippen molar-refractivity contribution in [3.8, 4) is 5.75 Å². The number of anilines is 2. The predicted molar refractivity (Wildman–Crippen MR) is 83.2 cm³/mol. The quantitative estimate of drug-likeness (QED) is 0.823. The predicted octanol–water partition coefficient (Wildman–Crippen LogP) is 3.87. The smallest absolute Gasteiger partial charge is 0.148 e. The van der Waals surface area contributed by atoms with E-state index in [4.69, 9.17) is 10.5 Å². The van der Waals surface area contributed by atoms with Gasteiger partial charge in [0.05, 0.1) is 18.5 Å². The molecule has 2 aromatic rings. The molecule has 3 N–H and O–H groups in total. The van der Waals surface area contributed by atoms with Crippen LogP contribution in [0.15, 0.2) is 29.6 Å². The van der Waals surface area contributed by atoms with Crippen LogP contribution in [-0.2, 0) is 5.41 Å². The van der Waals surface area contributed by atoms with E-state index in [0.29, 0.717) is 23.7 Å². The van der Waals surface area contributed by atoms with E-state index in [1.54, 1.807) is 17.4 Å². The first-order valence-corrected chi connectivity index (χ1v) is 7.23. The van der Waals surface area contributed by atoms with Crippen LogP contribution in [0.25, 0.3) is 0 Å². The van der Waals surface area contributed by atoms with Crippen molar-refractivity contribution in [1.29, 1.82) is 0 Å². The van der Waals surface area contributed by atoms with Gasteiger partial charge in [0, 0.05) is 29.0 Å². The van der Waals surface area contributed by atoms with Gasteiger partial charge in [-0.05, 0) is 11.4 Å². The maximum Gasteiger partial charge on any atom is 0.148 e. The maximum absolute atomic E-state index is 13.9. The van der Waals surface area contributed by atoms with Gasteiger partial charge in [0.15, 0.2) is 0 Å². The molecule has 1 aromatic carbocycles. The average Bonchev–Trinajstić information content (AvgIpc) is 2.92. The van der Waals surface area contributed by atoms with E-state index in [1.165, 1.54) is 18.1 Å². The number of ether oxygens (including phenoxy) is 1. The number of methoxy groups -OCH3 is 1. The number of hydrogen-bond acceptors (Lipinski definition) is 4. The summed E-state index contributed by atoms with van der Waals surface area (Å²) in [6.07, 6.45) is 0. The van der Waals surface area contributed by atoms with Crippen LogP contribution in [0.2, 0.25) is 0 Å². The van der Waals surface area contributed by atoms with E-state index in [0.717, 1.165) is 0 Å². The maximum atomic E-state index is 13.9. The molecule has 20 heavy (non-hydrogen) atoms. The Morgan fingerprint density at radius 3 is 2.75 bits per heavy atom. The molecule has 0 fully saturated rings. The molecule has 0 spiro atoms. The van der Waals surface area contributed by atoms with Crippen LogP contribution >= 0.6 is 11.3 Å². The zero-order valence-electron chi connectivity index (χ0n) is 11.9. The Bertz CT molecular complexity index is 582. The number of thiophene rings is 1. The van der Waals surface area contributed by atoms with Gasteiger partial charge < -0.3 is 15.8 Å². The van der Waals surface area contributed by atoms with Crippen LogP contribution in [-0.4, -0.2) is 13.7 Å². The Balaban J connectivity index is 2.15. The summed E-state index contributed by atoms with van der Waals surface area (Å²) in [5.74, 6) is 0.105. The fourth-order valence-corrected chi connectivity index (χ4v) is 2.80. The third kappa shape index (κ3) is 3.04. The average molecular weight is 294 g/mol. The van der Waals surface area contributed by atoms with Gasteiger partial charge in [0.2, 0.25) is 0 Å². The number of halogens is 1. The summed E-state index contributed by atoms with van der Waals surface area (Å²) in [4.78, 5) is 1.26. The van der Waals surface area contributed by atoms with Gasteiger partial charge in [-0.25, -0.2) is 4.39 Å². The minimum Gasteiger partial charge on any atom is -0.495 e. The number of hydrogen-bond donors (Lipinski definition) is 2. The Kier molecular flexibility index (Phi) is 4.18. The third-order valence-corrected chi connectivity index (χ3v) is 4.46. The highest BCUT2D eigenvalue weighted by atomic mass is 32.1. The fourth-order valence-electron chi connectivity index (χ4n) is 1.95. The largest absolute Gasteiger partial charge is 0.495 e. The van der Waals surface area contributed by atoms with E-state index in [9.17, 15) is 4.39 Å². The molecule has 0 atom stereocenters. The molecule has 108 valence electrons. The highest BCUT2D eigenvalue weighted by Crippen LogP contribution is 2.31. The van der Waals surface area contributed by atoms with Crippen molar-refractivity contribution < 1.29 is 9.13 Å². The second kappa shape index (κ2) is 5.71. The van der Waals surface area contributed by atoms with Crippen molar-refractivity contribution in [2.24, 2.45) is 0 Å². The second-order valence-electron chi connectivity index (χ2n) is 5.29. The molecule has 0 saturated heterocycles. The molecule has 5 heteroatoms. The van der Waals surface area contributed by atoms with Crippen LogP contribution in [0.1, 0.15) is 18.7 Å². The van der Waals surface area contributed by atoms with E-state index < -0.39 is 0 Å². The molecule has 0 radical (unpaired) electrons. The number of nitrogens with one attached hydrogen (secondary N) is 1. The molecule has 0 aliphatic rings. The Hall–Kier alpha value is -1.75. The van der Waals surface area contributed by atoms with Gasteiger partial charge in [0.25, 0.3) is 0 Å². The Labute approximate surface area is 122 Å². The van der Waals surface area contributed by atoms with Gasteiger partial charge in [-0.3, -0.25) is 0 Å². The molecule has 0 saturated carbocycles. The van der Waals surface area contributed by atoms with Gasteiger partial charge in [-0.15, -0.1) is 11.3 Å². The summed E-state index contributed by atoms with van der Waals surface area (Å²) in [6.45, 7) is 4.87. The fraction of sp³-hybridized carbons (Fsp3) is 0.333. The first-order chi connectivity index (χ1) is 9.44. The molecule has 1 heterocycles. The lowest BCUT2D eigenvalue weighted by molar-refractivity contribution is 0.416. The lowest BCUT2D eigenvalue weighted by Crippen LogP contribution is -2.26. The van der Waals surface area contributed by atoms with E-state index in [1.807, 2.05) is 11.4 Å². The normalized spacial score (nSPS) is 11.4. The van der Waals surface area contributed by atoms with Crippen LogP contribution in [0.3, 0.4) is 0 Å². The molecular weight excluding hydrogens is 275 g/mol. The SMILES string of the molecule is COc1cc(NCC(C)(C)c2cccs2)c(F)cc1N. The first-order valence-electron chi connectivity index (χ1n) is 6.35. The van der Waals surface area contributed by atoms with Crippen molar-refractivity contribution >= 4 is 22.7 Å².